The molecular formula is C27H26. The third kappa shape index (κ3) is 4.95. The lowest BCUT2D eigenvalue weighted by Gasteiger charge is -2.10. The van der Waals surface area contributed by atoms with E-state index in [9.17, 15) is 0 Å². The highest BCUT2D eigenvalue weighted by molar-refractivity contribution is 5.81. The third-order valence-corrected chi connectivity index (χ3v) is 4.84. The van der Waals surface area contributed by atoms with Crippen LogP contribution in [0.4, 0.5) is 0 Å². The molecule has 0 heteroatoms. The van der Waals surface area contributed by atoms with Crippen molar-refractivity contribution in [1.29, 1.82) is 0 Å². The third-order valence-electron chi connectivity index (χ3n) is 4.84. The van der Waals surface area contributed by atoms with Crippen molar-refractivity contribution in [2.75, 3.05) is 0 Å². The summed E-state index contributed by atoms with van der Waals surface area (Å²) in [6, 6.07) is 31.7. The van der Waals surface area contributed by atoms with E-state index in [1.807, 2.05) is 0 Å². The monoisotopic (exact) mass is 350 g/mol. The molecule has 0 aromatic heterocycles. The van der Waals surface area contributed by atoms with E-state index in [2.05, 4.69) is 124 Å². The summed E-state index contributed by atoms with van der Waals surface area (Å²) in [7, 11) is 0. The normalized spacial score (nSPS) is 12.0. The number of rotatable bonds is 5. The van der Waals surface area contributed by atoms with E-state index in [4.69, 9.17) is 0 Å². The van der Waals surface area contributed by atoms with Crippen molar-refractivity contribution in [2.24, 2.45) is 0 Å². The first-order valence-corrected chi connectivity index (χ1v) is 9.39. The second kappa shape index (κ2) is 9.00. The standard InChI is InChI=1S/C27H26/c1-21(24-13-7-4-8-14-24)19-27(23(3)26-17-11-6-12-18-26)20-22(2)25-15-9-5-10-16-25/h4-20H,1-3H3. The summed E-state index contributed by atoms with van der Waals surface area (Å²) < 4.78 is 0. The summed E-state index contributed by atoms with van der Waals surface area (Å²) in [5.74, 6) is 0. The van der Waals surface area contributed by atoms with E-state index in [1.54, 1.807) is 0 Å². The van der Waals surface area contributed by atoms with E-state index in [0.717, 1.165) is 0 Å². The molecule has 0 radical (unpaired) electrons. The lowest BCUT2D eigenvalue weighted by Crippen LogP contribution is -1.88. The maximum absolute atomic E-state index is 2.30. The van der Waals surface area contributed by atoms with Crippen LogP contribution in [-0.4, -0.2) is 0 Å². The summed E-state index contributed by atoms with van der Waals surface area (Å²) in [6.45, 7) is 6.56. The molecule has 0 aliphatic carbocycles. The highest BCUT2D eigenvalue weighted by Gasteiger charge is 2.04. The quantitative estimate of drug-likeness (QED) is 0.414. The lowest BCUT2D eigenvalue weighted by molar-refractivity contribution is 1.49. The van der Waals surface area contributed by atoms with Crippen LogP contribution in [0.3, 0.4) is 0 Å². The fraction of sp³-hybridized carbons (Fsp3) is 0.111. The molecule has 3 aromatic rings. The molecule has 0 amide bonds. The van der Waals surface area contributed by atoms with Gasteiger partial charge in [0.1, 0.15) is 0 Å². The van der Waals surface area contributed by atoms with E-state index in [1.165, 1.54) is 39.0 Å². The van der Waals surface area contributed by atoms with E-state index in [0.29, 0.717) is 0 Å². The van der Waals surface area contributed by atoms with Crippen molar-refractivity contribution in [1.82, 2.24) is 0 Å². The molecule has 0 spiro atoms. The molecule has 0 aliphatic heterocycles. The first kappa shape index (κ1) is 18.7. The van der Waals surface area contributed by atoms with Crippen molar-refractivity contribution < 1.29 is 0 Å². The topological polar surface area (TPSA) is 0 Å². The van der Waals surface area contributed by atoms with Crippen LogP contribution in [0.5, 0.6) is 0 Å². The molecule has 0 fully saturated rings. The summed E-state index contributed by atoms with van der Waals surface area (Å²) in [5.41, 5.74) is 8.80. The second-order valence-corrected chi connectivity index (χ2v) is 6.83. The fourth-order valence-corrected chi connectivity index (χ4v) is 3.15. The maximum Gasteiger partial charge on any atom is -0.0216 e. The summed E-state index contributed by atoms with van der Waals surface area (Å²) >= 11 is 0. The zero-order valence-corrected chi connectivity index (χ0v) is 16.3. The van der Waals surface area contributed by atoms with Gasteiger partial charge in [-0.05, 0) is 59.8 Å². The Balaban J connectivity index is 2.10. The van der Waals surface area contributed by atoms with Crippen LogP contribution in [0.1, 0.15) is 37.5 Å². The van der Waals surface area contributed by atoms with Gasteiger partial charge in [-0.2, -0.15) is 0 Å². The Morgan fingerprint density at radius 3 is 1.19 bits per heavy atom. The van der Waals surface area contributed by atoms with Crippen molar-refractivity contribution in [3.05, 3.63) is 125 Å². The number of allylic oxidation sites excluding steroid dienone is 6. The minimum Gasteiger partial charge on any atom is -0.0622 e. The van der Waals surface area contributed by atoms with Gasteiger partial charge in [0.15, 0.2) is 0 Å². The van der Waals surface area contributed by atoms with Crippen LogP contribution in [0.25, 0.3) is 16.7 Å². The molecule has 0 bridgehead atoms. The van der Waals surface area contributed by atoms with Crippen LogP contribution in [0.15, 0.2) is 109 Å². The predicted molar refractivity (Wildman–Crippen MR) is 119 cm³/mol. The van der Waals surface area contributed by atoms with Crippen molar-refractivity contribution in [3.63, 3.8) is 0 Å². The fourth-order valence-electron chi connectivity index (χ4n) is 3.15. The largest absolute Gasteiger partial charge is 0.0622 e. The van der Waals surface area contributed by atoms with Crippen molar-refractivity contribution in [3.8, 4) is 0 Å². The molecule has 0 N–H and O–H groups in total. The SMILES string of the molecule is CC(=CC(C=C(C)c1ccccc1)=C(C)c1ccccc1)c1ccccc1. The minimum atomic E-state index is 1.24. The van der Waals surface area contributed by atoms with Gasteiger partial charge < -0.3 is 0 Å². The van der Waals surface area contributed by atoms with Crippen molar-refractivity contribution in [2.45, 2.75) is 20.8 Å². The molecular weight excluding hydrogens is 324 g/mol. The molecule has 134 valence electrons. The lowest BCUT2D eigenvalue weighted by atomic mass is 9.95. The Hall–Kier alpha value is -3.12. The van der Waals surface area contributed by atoms with Crippen LogP contribution in [0.2, 0.25) is 0 Å². The summed E-state index contributed by atoms with van der Waals surface area (Å²) in [6.07, 6.45) is 4.59. The molecule has 27 heavy (non-hydrogen) atoms. The maximum atomic E-state index is 2.30. The zero-order valence-electron chi connectivity index (χ0n) is 16.3. The molecule has 0 unspecified atom stereocenters. The molecule has 0 heterocycles. The molecule has 0 nitrogen and oxygen atoms in total. The smallest absolute Gasteiger partial charge is 0.0216 e. The van der Waals surface area contributed by atoms with Crippen molar-refractivity contribution >= 4 is 16.7 Å². The van der Waals surface area contributed by atoms with Gasteiger partial charge in [0.25, 0.3) is 0 Å². The minimum absolute atomic E-state index is 1.24. The molecule has 3 aromatic carbocycles. The van der Waals surface area contributed by atoms with Gasteiger partial charge in [-0.15, -0.1) is 0 Å². The van der Waals surface area contributed by atoms with E-state index in [-0.39, 0.29) is 0 Å². The first-order chi connectivity index (χ1) is 13.1. The Labute approximate surface area is 163 Å². The molecule has 3 rings (SSSR count). The first-order valence-electron chi connectivity index (χ1n) is 9.39. The molecule has 0 aliphatic rings. The van der Waals surface area contributed by atoms with E-state index >= 15 is 0 Å². The average molecular weight is 351 g/mol. The average Bonchev–Trinajstić information content (AvgIpc) is 2.74. The highest BCUT2D eigenvalue weighted by Crippen LogP contribution is 2.26. The molecule has 0 saturated carbocycles. The Bertz CT molecular complexity index is 899. The zero-order chi connectivity index (χ0) is 19.1. The number of hydrogen-bond acceptors (Lipinski definition) is 0. The molecule has 0 atom stereocenters. The van der Waals surface area contributed by atoms with Gasteiger partial charge in [0.2, 0.25) is 0 Å². The second-order valence-electron chi connectivity index (χ2n) is 6.83. The van der Waals surface area contributed by atoms with Crippen LogP contribution in [-0.2, 0) is 0 Å². The molecule has 0 saturated heterocycles. The predicted octanol–water partition coefficient (Wildman–Crippen LogP) is 7.67. The van der Waals surface area contributed by atoms with Gasteiger partial charge in [0, 0.05) is 0 Å². The highest BCUT2D eigenvalue weighted by atomic mass is 14.1. The van der Waals surface area contributed by atoms with Crippen LogP contribution in [0, 0.1) is 0 Å². The van der Waals surface area contributed by atoms with Gasteiger partial charge in [-0.25, -0.2) is 0 Å². The Morgan fingerprint density at radius 2 is 0.815 bits per heavy atom. The number of hydrogen-bond donors (Lipinski definition) is 0. The van der Waals surface area contributed by atoms with Gasteiger partial charge in [-0.3, -0.25) is 0 Å². The Morgan fingerprint density at radius 1 is 0.481 bits per heavy atom. The van der Waals surface area contributed by atoms with E-state index < -0.39 is 0 Å². The van der Waals surface area contributed by atoms with Gasteiger partial charge in [0.05, 0.1) is 0 Å². The van der Waals surface area contributed by atoms with Crippen LogP contribution >= 0.6 is 0 Å². The van der Waals surface area contributed by atoms with Gasteiger partial charge in [-0.1, -0.05) is 103 Å². The summed E-state index contributed by atoms with van der Waals surface area (Å²) in [5, 5.41) is 0. The Kier molecular flexibility index (Phi) is 6.22. The number of benzene rings is 3. The van der Waals surface area contributed by atoms with Crippen LogP contribution < -0.4 is 0 Å². The summed E-state index contributed by atoms with van der Waals surface area (Å²) in [4.78, 5) is 0. The van der Waals surface area contributed by atoms with Gasteiger partial charge >= 0.3 is 0 Å².